The quantitative estimate of drug-likeness (QED) is 0.748. The van der Waals surface area contributed by atoms with Gasteiger partial charge in [0, 0.05) is 31.2 Å². The van der Waals surface area contributed by atoms with Crippen LogP contribution in [0.3, 0.4) is 0 Å². The fourth-order valence-electron chi connectivity index (χ4n) is 3.49. The summed E-state index contributed by atoms with van der Waals surface area (Å²) >= 11 is 0. The van der Waals surface area contributed by atoms with Gasteiger partial charge in [-0.2, -0.15) is 0 Å². The molecule has 0 radical (unpaired) electrons. The number of hydrogen-bond donors (Lipinski definition) is 1. The summed E-state index contributed by atoms with van der Waals surface area (Å²) in [6.07, 6.45) is 0.671. The molecule has 2 rings (SSSR count). The van der Waals surface area contributed by atoms with Crippen molar-refractivity contribution in [1.82, 2.24) is 4.90 Å². The van der Waals surface area contributed by atoms with Gasteiger partial charge in [0.25, 0.3) is 0 Å². The van der Waals surface area contributed by atoms with E-state index < -0.39 is 5.41 Å². The van der Waals surface area contributed by atoms with E-state index in [0.29, 0.717) is 25.1 Å². The smallest absolute Gasteiger partial charge is 0.316 e. The Morgan fingerprint density at radius 3 is 2.35 bits per heavy atom. The van der Waals surface area contributed by atoms with Gasteiger partial charge in [-0.3, -0.25) is 9.69 Å². The summed E-state index contributed by atoms with van der Waals surface area (Å²) < 4.78 is 5.59. The lowest BCUT2D eigenvalue weighted by Crippen LogP contribution is -2.40. The first-order valence-electron chi connectivity index (χ1n) is 8.52. The standard InChI is InChI=1S/C19H29NO3/c1-14(2)20(15(3)4)10-11-23-18(22)19(12-17(19)13-21)16-8-6-5-7-9-16/h5-9,14-15,17,21H,10-13H2,1-4H3/t17-,19-/m0/s1. The number of nitrogens with zero attached hydrogens (tertiary/aromatic N) is 1. The lowest BCUT2D eigenvalue weighted by molar-refractivity contribution is -0.148. The number of aliphatic hydroxyl groups excluding tert-OH is 1. The number of hydrogen-bond acceptors (Lipinski definition) is 4. The van der Waals surface area contributed by atoms with Gasteiger partial charge < -0.3 is 9.84 Å². The molecule has 1 aliphatic rings. The average Bonchev–Trinajstić information content (AvgIpc) is 3.27. The zero-order valence-corrected chi connectivity index (χ0v) is 14.7. The molecule has 4 heteroatoms. The van der Waals surface area contributed by atoms with E-state index in [4.69, 9.17) is 4.74 Å². The van der Waals surface area contributed by atoms with Crippen LogP contribution in [0.5, 0.6) is 0 Å². The second kappa shape index (κ2) is 7.45. The largest absolute Gasteiger partial charge is 0.464 e. The number of carbonyl (C=O) groups is 1. The van der Waals surface area contributed by atoms with Crippen molar-refractivity contribution in [3.05, 3.63) is 35.9 Å². The number of ether oxygens (including phenoxy) is 1. The molecule has 1 aliphatic carbocycles. The number of carbonyl (C=O) groups excluding carboxylic acids is 1. The van der Waals surface area contributed by atoms with Crippen molar-refractivity contribution < 1.29 is 14.6 Å². The highest BCUT2D eigenvalue weighted by Crippen LogP contribution is 2.54. The van der Waals surface area contributed by atoms with Gasteiger partial charge in [0.15, 0.2) is 0 Å². The summed E-state index contributed by atoms with van der Waals surface area (Å²) in [4.78, 5) is 15.0. The van der Waals surface area contributed by atoms with E-state index in [9.17, 15) is 9.90 Å². The summed E-state index contributed by atoms with van der Waals surface area (Å²) in [5.41, 5.74) is 0.310. The van der Waals surface area contributed by atoms with Crippen LogP contribution in [-0.4, -0.2) is 47.8 Å². The van der Waals surface area contributed by atoms with E-state index in [1.807, 2.05) is 30.3 Å². The maximum Gasteiger partial charge on any atom is 0.316 e. The predicted molar refractivity (Wildman–Crippen MR) is 91.2 cm³/mol. The minimum atomic E-state index is -0.642. The molecule has 23 heavy (non-hydrogen) atoms. The Hall–Kier alpha value is -1.39. The van der Waals surface area contributed by atoms with Crippen molar-refractivity contribution in [1.29, 1.82) is 0 Å². The topological polar surface area (TPSA) is 49.8 Å². The molecule has 1 N–H and O–H groups in total. The minimum absolute atomic E-state index is 0.0219. The zero-order valence-electron chi connectivity index (χ0n) is 14.7. The first kappa shape index (κ1) is 18.0. The van der Waals surface area contributed by atoms with Crippen LogP contribution >= 0.6 is 0 Å². The van der Waals surface area contributed by atoms with Crippen LogP contribution in [0.4, 0.5) is 0 Å². The van der Waals surface area contributed by atoms with Gasteiger partial charge in [-0.25, -0.2) is 0 Å². The van der Waals surface area contributed by atoms with Crippen molar-refractivity contribution >= 4 is 5.97 Å². The maximum absolute atomic E-state index is 12.7. The normalized spacial score (nSPS) is 23.6. The molecule has 0 spiro atoms. The Morgan fingerprint density at radius 1 is 1.26 bits per heavy atom. The van der Waals surface area contributed by atoms with E-state index >= 15 is 0 Å². The van der Waals surface area contributed by atoms with Crippen LogP contribution in [0.2, 0.25) is 0 Å². The molecule has 0 amide bonds. The molecule has 0 saturated heterocycles. The fourth-order valence-corrected chi connectivity index (χ4v) is 3.49. The molecule has 128 valence electrons. The molecule has 4 nitrogen and oxygen atoms in total. The van der Waals surface area contributed by atoms with Crippen LogP contribution in [0.25, 0.3) is 0 Å². The average molecular weight is 319 g/mol. The molecular formula is C19H29NO3. The molecule has 0 unspecified atom stereocenters. The van der Waals surface area contributed by atoms with Gasteiger partial charge in [0.1, 0.15) is 6.61 Å². The molecule has 0 aromatic heterocycles. The van der Waals surface area contributed by atoms with Crippen LogP contribution in [-0.2, 0) is 14.9 Å². The van der Waals surface area contributed by atoms with Crippen molar-refractivity contribution in [2.75, 3.05) is 19.8 Å². The Balaban J connectivity index is 1.99. The van der Waals surface area contributed by atoms with Gasteiger partial charge in [-0.05, 0) is 39.7 Å². The van der Waals surface area contributed by atoms with Crippen LogP contribution in [0.1, 0.15) is 39.7 Å². The van der Waals surface area contributed by atoms with Crippen molar-refractivity contribution in [3.8, 4) is 0 Å². The van der Waals surface area contributed by atoms with Crippen molar-refractivity contribution in [2.45, 2.75) is 51.6 Å². The Labute approximate surface area is 139 Å². The van der Waals surface area contributed by atoms with Gasteiger partial charge in [0.05, 0.1) is 5.41 Å². The predicted octanol–water partition coefficient (Wildman–Crippen LogP) is 2.60. The van der Waals surface area contributed by atoms with Gasteiger partial charge in [-0.1, -0.05) is 30.3 Å². The molecule has 0 heterocycles. The number of benzene rings is 1. The third-order valence-corrected chi connectivity index (χ3v) is 4.89. The van der Waals surface area contributed by atoms with E-state index in [0.717, 1.165) is 12.1 Å². The van der Waals surface area contributed by atoms with Crippen molar-refractivity contribution in [3.63, 3.8) is 0 Å². The second-order valence-corrected chi connectivity index (χ2v) is 6.98. The first-order chi connectivity index (χ1) is 10.9. The molecule has 1 fully saturated rings. The SMILES string of the molecule is CC(C)N(CCOC(=O)[C@]1(c2ccccc2)C[C@H]1CO)C(C)C. The molecule has 0 bridgehead atoms. The summed E-state index contributed by atoms with van der Waals surface area (Å²) in [6.45, 7) is 9.74. The summed E-state index contributed by atoms with van der Waals surface area (Å²) in [5.74, 6) is -0.223. The van der Waals surface area contributed by atoms with Crippen LogP contribution in [0, 0.1) is 5.92 Å². The van der Waals surface area contributed by atoms with E-state index in [1.165, 1.54) is 0 Å². The van der Waals surface area contributed by atoms with Gasteiger partial charge in [-0.15, -0.1) is 0 Å². The molecule has 1 aromatic rings. The van der Waals surface area contributed by atoms with Crippen LogP contribution < -0.4 is 0 Å². The number of aliphatic hydroxyl groups is 1. The molecule has 0 aliphatic heterocycles. The second-order valence-electron chi connectivity index (χ2n) is 6.98. The highest BCUT2D eigenvalue weighted by atomic mass is 16.5. The first-order valence-corrected chi connectivity index (χ1v) is 8.52. The van der Waals surface area contributed by atoms with E-state index in [-0.39, 0.29) is 18.5 Å². The molecular weight excluding hydrogens is 290 g/mol. The number of esters is 1. The molecule has 2 atom stereocenters. The summed E-state index contributed by atoms with van der Waals surface area (Å²) in [5, 5.41) is 9.50. The Kier molecular flexibility index (Phi) is 5.82. The lowest BCUT2D eigenvalue weighted by atomic mass is 9.93. The summed E-state index contributed by atoms with van der Waals surface area (Å²) in [6, 6.07) is 10.5. The van der Waals surface area contributed by atoms with Gasteiger partial charge in [0.2, 0.25) is 0 Å². The lowest BCUT2D eigenvalue weighted by Gasteiger charge is -2.30. The number of rotatable bonds is 8. The molecule has 1 saturated carbocycles. The monoisotopic (exact) mass is 319 g/mol. The fraction of sp³-hybridized carbons (Fsp3) is 0.632. The van der Waals surface area contributed by atoms with E-state index in [2.05, 4.69) is 32.6 Å². The minimum Gasteiger partial charge on any atom is -0.464 e. The van der Waals surface area contributed by atoms with Gasteiger partial charge >= 0.3 is 5.97 Å². The van der Waals surface area contributed by atoms with Crippen LogP contribution in [0.15, 0.2) is 30.3 Å². The highest BCUT2D eigenvalue weighted by Gasteiger charge is 2.61. The highest BCUT2D eigenvalue weighted by molar-refractivity contribution is 5.87. The van der Waals surface area contributed by atoms with Crippen molar-refractivity contribution in [2.24, 2.45) is 5.92 Å². The maximum atomic E-state index is 12.7. The van der Waals surface area contributed by atoms with E-state index in [1.54, 1.807) is 0 Å². The zero-order chi connectivity index (χ0) is 17.0. The Bertz CT molecular complexity index is 507. The third-order valence-electron chi connectivity index (χ3n) is 4.89. The molecule has 1 aromatic carbocycles. The summed E-state index contributed by atoms with van der Waals surface area (Å²) in [7, 11) is 0. The Morgan fingerprint density at radius 2 is 1.87 bits per heavy atom. The third kappa shape index (κ3) is 3.75.